The third-order valence-corrected chi connectivity index (χ3v) is 10.0. The largest absolute Gasteiger partial charge is 0.456 e. The number of furan rings is 1. The molecule has 0 aliphatic rings. The lowest BCUT2D eigenvalue weighted by Gasteiger charge is -2.06. The van der Waals surface area contributed by atoms with Crippen molar-refractivity contribution in [2.24, 2.45) is 0 Å². The molecule has 0 saturated carbocycles. The van der Waals surface area contributed by atoms with Crippen LogP contribution >= 0.6 is 22.7 Å². The molecule has 182 valence electrons. The van der Waals surface area contributed by atoms with Crippen LogP contribution in [0.15, 0.2) is 114 Å². The first-order valence-electron chi connectivity index (χ1n) is 12.8. The molecule has 0 atom stereocenters. The summed E-state index contributed by atoms with van der Waals surface area (Å²) in [6.45, 7) is 0. The first-order valence-corrected chi connectivity index (χ1v) is 14.5. The Morgan fingerprint density at radius 1 is 0.513 bits per heavy atom. The van der Waals surface area contributed by atoms with Crippen LogP contribution in [0, 0.1) is 0 Å². The highest BCUT2D eigenvalue weighted by Crippen LogP contribution is 2.45. The van der Waals surface area contributed by atoms with E-state index in [0.29, 0.717) is 0 Å². The lowest BCUT2D eigenvalue weighted by molar-refractivity contribution is 0.669. The Morgan fingerprint density at radius 2 is 1.18 bits per heavy atom. The lowest BCUT2D eigenvalue weighted by Crippen LogP contribution is -1.83. The van der Waals surface area contributed by atoms with Crippen LogP contribution in [0.3, 0.4) is 0 Å². The fraction of sp³-hybridized carbons (Fsp3) is 0. The zero-order valence-electron chi connectivity index (χ0n) is 20.5. The molecule has 0 unspecified atom stereocenters. The van der Waals surface area contributed by atoms with Gasteiger partial charge in [0, 0.05) is 54.5 Å². The minimum absolute atomic E-state index is 0.893. The average molecular weight is 535 g/mol. The fourth-order valence-corrected chi connectivity index (χ4v) is 8.25. The maximum atomic E-state index is 6.39. The van der Waals surface area contributed by atoms with Crippen LogP contribution in [0.2, 0.25) is 0 Å². The molecule has 0 spiro atoms. The van der Waals surface area contributed by atoms with Gasteiger partial charge in [0.2, 0.25) is 0 Å². The van der Waals surface area contributed by atoms with Gasteiger partial charge in [0.1, 0.15) is 11.2 Å². The maximum absolute atomic E-state index is 6.39. The molecule has 0 radical (unpaired) electrons. The van der Waals surface area contributed by atoms with E-state index in [1.807, 2.05) is 12.4 Å². The SMILES string of the molecule is c1cc(-c2ccnc3c2sc2ccccc23)c2c(c1)oc1ccc(-c3ccnc4c3sc3ccccc34)cc12. The molecule has 9 rings (SSSR count). The van der Waals surface area contributed by atoms with Gasteiger partial charge in [0.05, 0.1) is 20.4 Å². The molecule has 0 saturated heterocycles. The van der Waals surface area contributed by atoms with Crippen molar-refractivity contribution >= 4 is 85.2 Å². The number of hydrogen-bond acceptors (Lipinski definition) is 5. The Balaban J connectivity index is 1.33. The summed E-state index contributed by atoms with van der Waals surface area (Å²) in [6.07, 6.45) is 3.85. The van der Waals surface area contributed by atoms with Gasteiger partial charge in [-0.15, -0.1) is 22.7 Å². The van der Waals surface area contributed by atoms with Gasteiger partial charge in [-0.2, -0.15) is 0 Å². The van der Waals surface area contributed by atoms with Crippen LogP contribution < -0.4 is 0 Å². The average Bonchev–Trinajstić information content (AvgIpc) is 3.67. The molecule has 39 heavy (non-hydrogen) atoms. The van der Waals surface area contributed by atoms with Crippen LogP contribution in [-0.2, 0) is 0 Å². The molecule has 0 amide bonds. The lowest BCUT2D eigenvalue weighted by atomic mass is 9.97. The second-order valence-electron chi connectivity index (χ2n) is 9.76. The van der Waals surface area contributed by atoms with E-state index >= 15 is 0 Å². The van der Waals surface area contributed by atoms with Gasteiger partial charge in [-0.05, 0) is 53.6 Å². The summed E-state index contributed by atoms with van der Waals surface area (Å²) in [4.78, 5) is 9.51. The number of thiophene rings is 2. The van der Waals surface area contributed by atoms with E-state index in [0.717, 1.165) is 33.0 Å². The van der Waals surface area contributed by atoms with Crippen molar-refractivity contribution in [3.63, 3.8) is 0 Å². The van der Waals surface area contributed by atoms with Crippen molar-refractivity contribution in [1.82, 2.24) is 9.97 Å². The molecule has 0 bridgehead atoms. The Bertz CT molecular complexity index is 2410. The van der Waals surface area contributed by atoms with Gasteiger partial charge in [-0.3, -0.25) is 9.97 Å². The third-order valence-electron chi connectivity index (χ3n) is 7.61. The van der Waals surface area contributed by atoms with E-state index in [1.165, 1.54) is 51.8 Å². The highest BCUT2D eigenvalue weighted by atomic mass is 32.1. The van der Waals surface area contributed by atoms with E-state index < -0.39 is 0 Å². The highest BCUT2D eigenvalue weighted by Gasteiger charge is 2.18. The summed E-state index contributed by atoms with van der Waals surface area (Å²) in [5.41, 5.74) is 8.64. The van der Waals surface area contributed by atoms with Crippen molar-refractivity contribution in [3.8, 4) is 22.3 Å². The molecule has 4 aromatic carbocycles. The highest BCUT2D eigenvalue weighted by molar-refractivity contribution is 7.26. The van der Waals surface area contributed by atoms with Gasteiger partial charge < -0.3 is 4.42 Å². The van der Waals surface area contributed by atoms with E-state index in [9.17, 15) is 0 Å². The topological polar surface area (TPSA) is 38.9 Å². The van der Waals surface area contributed by atoms with Crippen molar-refractivity contribution in [3.05, 3.63) is 109 Å². The van der Waals surface area contributed by atoms with Crippen molar-refractivity contribution in [2.75, 3.05) is 0 Å². The van der Waals surface area contributed by atoms with Crippen molar-refractivity contribution in [1.29, 1.82) is 0 Å². The van der Waals surface area contributed by atoms with Crippen LogP contribution in [0.1, 0.15) is 0 Å². The Morgan fingerprint density at radius 3 is 1.92 bits per heavy atom. The maximum Gasteiger partial charge on any atom is 0.136 e. The smallest absolute Gasteiger partial charge is 0.136 e. The van der Waals surface area contributed by atoms with E-state index in [4.69, 9.17) is 14.4 Å². The molecule has 0 aliphatic carbocycles. The third kappa shape index (κ3) is 3.03. The van der Waals surface area contributed by atoms with Crippen LogP contribution in [0.5, 0.6) is 0 Å². The molecular weight excluding hydrogens is 517 g/mol. The summed E-state index contributed by atoms with van der Waals surface area (Å²) >= 11 is 3.61. The van der Waals surface area contributed by atoms with E-state index in [2.05, 4.69) is 97.1 Å². The van der Waals surface area contributed by atoms with Gasteiger partial charge in [0.15, 0.2) is 0 Å². The Hall–Kier alpha value is -4.58. The number of aromatic nitrogens is 2. The Labute approximate surface area is 230 Å². The summed E-state index contributed by atoms with van der Waals surface area (Å²) < 4.78 is 11.3. The van der Waals surface area contributed by atoms with E-state index in [1.54, 1.807) is 22.7 Å². The Kier molecular flexibility index (Phi) is 4.36. The number of benzene rings is 4. The molecule has 0 N–H and O–H groups in total. The van der Waals surface area contributed by atoms with Crippen molar-refractivity contribution < 1.29 is 4.42 Å². The van der Waals surface area contributed by atoms with Gasteiger partial charge in [-0.1, -0.05) is 54.6 Å². The number of rotatable bonds is 2. The molecule has 5 aromatic heterocycles. The molecule has 5 heterocycles. The first-order chi connectivity index (χ1) is 19.3. The summed E-state index contributed by atoms with van der Waals surface area (Å²) in [5, 5.41) is 4.67. The molecule has 0 fully saturated rings. The second-order valence-corrected chi connectivity index (χ2v) is 11.9. The van der Waals surface area contributed by atoms with Crippen LogP contribution in [-0.4, -0.2) is 9.97 Å². The van der Waals surface area contributed by atoms with Gasteiger partial charge in [-0.25, -0.2) is 0 Å². The van der Waals surface area contributed by atoms with Gasteiger partial charge in [0.25, 0.3) is 0 Å². The quantitative estimate of drug-likeness (QED) is 0.221. The number of hydrogen-bond donors (Lipinski definition) is 0. The fourth-order valence-electron chi connectivity index (χ4n) is 5.87. The molecule has 0 aliphatic heterocycles. The molecule has 9 aromatic rings. The monoisotopic (exact) mass is 534 g/mol. The summed E-state index contributed by atoms with van der Waals surface area (Å²) in [6, 6.07) is 34.2. The van der Waals surface area contributed by atoms with E-state index in [-0.39, 0.29) is 0 Å². The standard InChI is InChI=1S/C34H18N2OS2/c1-3-10-28-23(6-1)31-33(38-28)20(14-16-35-31)19-12-13-26-25(18-19)30-21(8-5-9-27(30)37-26)22-15-17-36-32-24-7-2-4-11-29(24)39-34(22)32/h1-18H. The van der Waals surface area contributed by atoms with Crippen molar-refractivity contribution in [2.45, 2.75) is 0 Å². The number of fused-ring (bicyclic) bond motifs is 9. The minimum Gasteiger partial charge on any atom is -0.456 e. The molecular formula is C34H18N2OS2. The van der Waals surface area contributed by atoms with Crippen LogP contribution in [0.4, 0.5) is 0 Å². The molecule has 3 nitrogen and oxygen atoms in total. The predicted octanol–water partition coefficient (Wildman–Crippen LogP) is 10.4. The van der Waals surface area contributed by atoms with Gasteiger partial charge >= 0.3 is 0 Å². The molecule has 5 heteroatoms. The predicted molar refractivity (Wildman–Crippen MR) is 166 cm³/mol. The second kappa shape index (κ2) is 7.96. The summed E-state index contributed by atoms with van der Waals surface area (Å²) in [7, 11) is 0. The number of nitrogens with zero attached hydrogens (tertiary/aromatic N) is 2. The normalized spacial score (nSPS) is 12.1. The zero-order valence-corrected chi connectivity index (χ0v) is 22.1. The number of pyridine rings is 2. The first kappa shape index (κ1) is 21.4. The minimum atomic E-state index is 0.893. The summed E-state index contributed by atoms with van der Waals surface area (Å²) in [5.74, 6) is 0. The van der Waals surface area contributed by atoms with Crippen LogP contribution in [0.25, 0.3) is 84.8 Å². The zero-order chi connectivity index (χ0) is 25.5.